The molecule has 0 saturated heterocycles. The lowest BCUT2D eigenvalue weighted by molar-refractivity contribution is -0.154. The number of rotatable bonds is 7. The van der Waals surface area contributed by atoms with Crippen molar-refractivity contribution < 1.29 is 68.1 Å². The van der Waals surface area contributed by atoms with Gasteiger partial charge in [-0.1, -0.05) is 0 Å². The Hall–Kier alpha value is -5.15. The molecule has 4 aromatic rings. The summed E-state index contributed by atoms with van der Waals surface area (Å²) in [6.45, 7) is -1.39. The number of methoxy groups -OCH3 is 1. The highest BCUT2D eigenvalue weighted by molar-refractivity contribution is 5.89. The van der Waals surface area contributed by atoms with Crippen LogP contribution in [0.3, 0.4) is 0 Å². The summed E-state index contributed by atoms with van der Waals surface area (Å²) in [5, 5.41) is -0.457. The molecule has 1 heterocycles. The molecule has 3 aromatic carbocycles. The molecule has 8 nitrogen and oxygen atoms in total. The van der Waals surface area contributed by atoms with Gasteiger partial charge in [0.1, 0.15) is 17.1 Å². The van der Waals surface area contributed by atoms with Crippen LogP contribution < -0.4 is 19.6 Å². The maximum absolute atomic E-state index is 13.8. The van der Waals surface area contributed by atoms with Gasteiger partial charge in [-0.3, -0.25) is 4.79 Å². The van der Waals surface area contributed by atoms with Crippen molar-refractivity contribution in [2.24, 2.45) is 0 Å². The Morgan fingerprint density at radius 2 is 1.38 bits per heavy atom. The fraction of sp³-hybridized carbons (Fsp3) is 0.115. The van der Waals surface area contributed by atoms with Crippen molar-refractivity contribution in [1.29, 1.82) is 0 Å². The quantitative estimate of drug-likeness (QED) is 0.0824. The van der Waals surface area contributed by atoms with Crippen LogP contribution in [0.2, 0.25) is 0 Å². The van der Waals surface area contributed by atoms with Gasteiger partial charge in [-0.2, -0.15) is 22.0 Å². The second-order valence-electron chi connectivity index (χ2n) is 8.02. The third kappa shape index (κ3) is 5.82. The van der Waals surface area contributed by atoms with E-state index in [9.17, 15) is 49.5 Å². The number of fused-ring (bicyclic) bond motifs is 1. The Morgan fingerprint density at radius 3 is 1.95 bits per heavy atom. The minimum absolute atomic E-state index is 0.0474. The highest BCUT2D eigenvalue weighted by atomic mass is 19.4. The lowest BCUT2D eigenvalue weighted by Crippen LogP contribution is -2.19. The molecule has 0 bridgehead atoms. The van der Waals surface area contributed by atoms with Crippen molar-refractivity contribution in [1.82, 2.24) is 0 Å². The van der Waals surface area contributed by atoms with Crippen LogP contribution >= 0.6 is 0 Å². The lowest BCUT2D eigenvalue weighted by Gasteiger charge is -2.14. The Morgan fingerprint density at radius 1 is 0.810 bits per heavy atom. The Bertz CT molecular complexity index is 1740. The van der Waals surface area contributed by atoms with Gasteiger partial charge in [0.2, 0.25) is 40.3 Å². The molecule has 0 aliphatic rings. The minimum atomic E-state index is -5.26. The van der Waals surface area contributed by atoms with Crippen molar-refractivity contribution in [2.75, 3.05) is 13.7 Å². The number of alkyl halides is 3. The molecule has 0 radical (unpaired) electrons. The molecule has 0 atom stereocenters. The summed E-state index contributed by atoms with van der Waals surface area (Å²) >= 11 is 0. The summed E-state index contributed by atoms with van der Waals surface area (Å²) in [4.78, 5) is 36.5. The minimum Gasteiger partial charge on any atom is -0.476 e. The van der Waals surface area contributed by atoms with Gasteiger partial charge in [0.15, 0.2) is 12.4 Å². The van der Waals surface area contributed by atoms with Gasteiger partial charge in [-0.05, 0) is 36.4 Å². The van der Waals surface area contributed by atoms with Crippen LogP contribution in [-0.4, -0.2) is 25.7 Å². The summed E-state index contributed by atoms with van der Waals surface area (Å²) in [5.74, 6) is -19.7. The summed E-state index contributed by atoms with van der Waals surface area (Å²) in [6.07, 6.45) is -5.26. The number of esters is 2. The van der Waals surface area contributed by atoms with Crippen LogP contribution in [0.5, 0.6) is 23.0 Å². The van der Waals surface area contributed by atoms with E-state index >= 15 is 0 Å². The van der Waals surface area contributed by atoms with Crippen LogP contribution in [0.1, 0.15) is 16.1 Å². The molecule has 0 aliphatic heterocycles. The number of halogens is 8. The van der Waals surface area contributed by atoms with E-state index in [0.717, 1.165) is 31.4 Å². The average Bonchev–Trinajstić information content (AvgIpc) is 2.95. The van der Waals surface area contributed by atoms with Gasteiger partial charge in [0, 0.05) is 6.07 Å². The monoisotopic (exact) mass is 604 g/mol. The molecule has 0 spiro atoms. The molecule has 42 heavy (non-hydrogen) atoms. The molecule has 16 heteroatoms. The van der Waals surface area contributed by atoms with E-state index in [1.54, 1.807) is 0 Å². The first kappa shape index (κ1) is 29.8. The van der Waals surface area contributed by atoms with E-state index in [4.69, 9.17) is 13.9 Å². The van der Waals surface area contributed by atoms with Crippen molar-refractivity contribution in [3.8, 4) is 23.0 Å². The van der Waals surface area contributed by atoms with E-state index in [-0.39, 0.29) is 11.3 Å². The largest absolute Gasteiger partial charge is 0.476 e. The first-order valence-electron chi connectivity index (χ1n) is 11.1. The van der Waals surface area contributed by atoms with Crippen molar-refractivity contribution in [2.45, 2.75) is 6.18 Å². The fourth-order valence-corrected chi connectivity index (χ4v) is 3.40. The summed E-state index contributed by atoms with van der Waals surface area (Å²) in [5.41, 5.74) is -1.97. The van der Waals surface area contributed by atoms with Crippen LogP contribution in [-0.2, 0) is 15.7 Å². The average molecular weight is 604 g/mol. The fourth-order valence-electron chi connectivity index (χ4n) is 3.40. The molecule has 0 unspecified atom stereocenters. The summed E-state index contributed by atoms with van der Waals surface area (Å²) in [7, 11) is 1.11. The Kier molecular flexibility index (Phi) is 8.08. The lowest BCUT2D eigenvalue weighted by atomic mass is 10.2. The van der Waals surface area contributed by atoms with Crippen LogP contribution in [0.15, 0.2) is 51.7 Å². The number of hydrogen-bond acceptors (Lipinski definition) is 8. The van der Waals surface area contributed by atoms with Gasteiger partial charge in [0.25, 0.3) is 5.76 Å². The number of hydrogen-bond donors (Lipinski definition) is 0. The van der Waals surface area contributed by atoms with E-state index in [1.807, 2.05) is 0 Å². The van der Waals surface area contributed by atoms with Crippen LogP contribution in [0.25, 0.3) is 11.0 Å². The molecular formula is C26H12F8O8. The molecule has 0 aliphatic carbocycles. The molecule has 0 amide bonds. The highest BCUT2D eigenvalue weighted by Crippen LogP contribution is 2.39. The third-order valence-electron chi connectivity index (χ3n) is 5.31. The molecule has 0 fully saturated rings. The van der Waals surface area contributed by atoms with Gasteiger partial charge in [-0.15, -0.1) is 0 Å². The normalized spacial score (nSPS) is 11.4. The predicted molar refractivity (Wildman–Crippen MR) is 123 cm³/mol. The van der Waals surface area contributed by atoms with Gasteiger partial charge in [-0.25, -0.2) is 22.8 Å². The predicted octanol–water partition coefficient (Wildman–Crippen LogP) is 6.07. The van der Waals surface area contributed by atoms with E-state index in [0.29, 0.717) is 6.07 Å². The Labute approximate surface area is 227 Å². The Balaban J connectivity index is 1.60. The number of benzene rings is 3. The van der Waals surface area contributed by atoms with Crippen molar-refractivity contribution >= 4 is 22.9 Å². The van der Waals surface area contributed by atoms with E-state index < -0.39 is 93.2 Å². The number of carbonyl (C=O) groups is 2. The molecule has 220 valence electrons. The first-order chi connectivity index (χ1) is 19.7. The third-order valence-corrected chi connectivity index (χ3v) is 5.31. The maximum Gasteiger partial charge on any atom is 0.453 e. The smallest absolute Gasteiger partial charge is 0.453 e. The zero-order valence-electron chi connectivity index (χ0n) is 20.5. The SMILES string of the molecule is COC(=O)c1ccc(Oc2c(C(F)(F)F)oc3cc(OC(=O)COc4c(F)c(F)c(F)c(F)c4F)ccc3c2=O)cc1. The van der Waals surface area contributed by atoms with Gasteiger partial charge in [0.05, 0.1) is 18.1 Å². The molecule has 0 N–H and O–H groups in total. The second-order valence-corrected chi connectivity index (χ2v) is 8.02. The summed E-state index contributed by atoms with van der Waals surface area (Å²) in [6, 6.07) is 7.08. The maximum atomic E-state index is 13.8. The highest BCUT2D eigenvalue weighted by Gasteiger charge is 2.40. The van der Waals surface area contributed by atoms with E-state index in [1.165, 1.54) is 12.1 Å². The van der Waals surface area contributed by atoms with Crippen molar-refractivity contribution in [3.05, 3.63) is 93.1 Å². The molecule has 4 rings (SSSR count). The van der Waals surface area contributed by atoms with Crippen LogP contribution in [0, 0.1) is 29.1 Å². The topological polar surface area (TPSA) is 101 Å². The van der Waals surface area contributed by atoms with E-state index in [2.05, 4.69) is 9.47 Å². The zero-order valence-corrected chi connectivity index (χ0v) is 20.5. The second kappa shape index (κ2) is 11.4. The molecule has 1 aromatic heterocycles. The molecule has 0 saturated carbocycles. The standard InChI is InChI=1S/C26H12F8O8/c1-38-25(37)10-2-4-11(5-3-10)41-23-21(36)13-7-6-12(8-14(13)42-24(23)26(32,33)34)40-15(35)9-39-22-19(30)17(28)16(27)18(29)20(22)31/h2-8H,9H2,1H3. The molecular weight excluding hydrogens is 592 g/mol. The number of ether oxygens (including phenoxy) is 4. The van der Waals surface area contributed by atoms with Gasteiger partial charge < -0.3 is 23.4 Å². The van der Waals surface area contributed by atoms with Crippen LogP contribution in [0.4, 0.5) is 35.1 Å². The summed E-state index contributed by atoms with van der Waals surface area (Å²) < 4.78 is 132. The van der Waals surface area contributed by atoms with Crippen molar-refractivity contribution in [3.63, 3.8) is 0 Å². The van der Waals surface area contributed by atoms with Gasteiger partial charge >= 0.3 is 18.1 Å². The first-order valence-corrected chi connectivity index (χ1v) is 11.1. The number of carbonyl (C=O) groups excluding carboxylic acids is 2. The zero-order chi connectivity index (χ0) is 30.9.